The number of carboxylic acids is 1. The third kappa shape index (κ3) is 5.45. The second-order valence-electron chi connectivity index (χ2n) is 6.75. The summed E-state index contributed by atoms with van der Waals surface area (Å²) in [5, 5.41) is 22.6. The molecular weight excluding hydrogens is 515 g/mol. The Bertz CT molecular complexity index is 1180. The minimum absolute atomic E-state index is 0. The minimum Gasteiger partial charge on any atom is -0.543 e. The number of aliphatic carboxylic acids is 1. The van der Waals surface area contributed by atoms with E-state index in [0.717, 1.165) is 9.91 Å². The molecule has 1 aromatic heterocycles. The number of fused-ring (bicyclic) bond motifs is 1. The monoisotopic (exact) mass is 530 g/mol. The summed E-state index contributed by atoms with van der Waals surface area (Å²) in [6.45, 7) is 1.83. The van der Waals surface area contributed by atoms with E-state index in [0.29, 0.717) is 27.0 Å². The average Bonchev–Trinajstić information content (AvgIpc) is 3.21. The van der Waals surface area contributed by atoms with E-state index in [2.05, 4.69) is 15.5 Å². The van der Waals surface area contributed by atoms with Gasteiger partial charge >= 0.3 is 29.6 Å². The van der Waals surface area contributed by atoms with Crippen LogP contribution in [0.4, 0.5) is 0 Å². The first-order chi connectivity index (χ1) is 15.4. The molecular formula is C19H15N4NaO5S4. The summed E-state index contributed by atoms with van der Waals surface area (Å²) < 4.78 is 12.2. The van der Waals surface area contributed by atoms with Crippen LogP contribution in [0.5, 0.6) is 0 Å². The van der Waals surface area contributed by atoms with Gasteiger partial charge in [-0.2, -0.15) is 0 Å². The number of nitrogens with one attached hydrogen (secondary N) is 1. The van der Waals surface area contributed by atoms with Crippen molar-refractivity contribution < 1.29 is 53.3 Å². The van der Waals surface area contributed by atoms with Crippen molar-refractivity contribution in [3.8, 4) is 0 Å². The van der Waals surface area contributed by atoms with Gasteiger partial charge in [0.1, 0.15) is 32.5 Å². The second-order valence-corrected chi connectivity index (χ2v) is 10.8. The molecule has 9 nitrogen and oxygen atoms in total. The number of aryl methyl sites for hydroxylation is 1. The van der Waals surface area contributed by atoms with Crippen LogP contribution in [0.2, 0.25) is 0 Å². The van der Waals surface area contributed by atoms with Gasteiger partial charge in [0, 0.05) is 17.1 Å². The van der Waals surface area contributed by atoms with E-state index in [1.807, 2.05) is 6.92 Å². The molecule has 2 aliphatic heterocycles. The average molecular weight is 531 g/mol. The third-order valence-corrected chi connectivity index (χ3v) is 8.72. The molecule has 0 radical (unpaired) electrons. The van der Waals surface area contributed by atoms with E-state index < -0.39 is 29.2 Å². The van der Waals surface area contributed by atoms with E-state index in [-0.39, 0.29) is 51.4 Å². The van der Waals surface area contributed by atoms with E-state index in [1.54, 1.807) is 30.3 Å². The number of hydrogen-bond acceptors (Lipinski definition) is 10. The van der Waals surface area contributed by atoms with Crippen LogP contribution in [-0.4, -0.2) is 64.9 Å². The Morgan fingerprint density at radius 1 is 1.27 bits per heavy atom. The molecule has 0 spiro atoms. The zero-order chi connectivity index (χ0) is 22.8. The summed E-state index contributed by atoms with van der Waals surface area (Å²) in [6.07, 6.45) is 0. The van der Waals surface area contributed by atoms with Gasteiger partial charge in [-0.1, -0.05) is 53.4 Å². The standard InChI is InChI=1S/C19H16N4O5S4.Na/c1-9-21-22-19(31-9)30-8-11-7-29-17-12(16(25)23(17)13(11)18(26)27)20-15(24)14(32-28)10-5-3-2-4-6-10;/h2-6,12,17H,7-8H2,1H3,(H,20,24)(H,26,27);/q;+1/p-1/t12?,17-;/m1./s1. The molecule has 3 heterocycles. The predicted molar refractivity (Wildman–Crippen MR) is 121 cm³/mol. The van der Waals surface area contributed by atoms with Gasteiger partial charge in [-0.3, -0.25) is 14.5 Å². The number of carbonyl (C=O) groups excluding carboxylic acids is 3. The normalized spacial score (nSPS) is 19.2. The smallest absolute Gasteiger partial charge is 0.543 e. The number of benzene rings is 1. The van der Waals surface area contributed by atoms with Gasteiger partial charge < -0.3 is 15.2 Å². The van der Waals surface area contributed by atoms with Crippen molar-refractivity contribution in [1.82, 2.24) is 20.4 Å². The molecule has 1 saturated heterocycles. The van der Waals surface area contributed by atoms with Crippen molar-refractivity contribution in [3.05, 3.63) is 52.2 Å². The molecule has 1 fully saturated rings. The van der Waals surface area contributed by atoms with Gasteiger partial charge in [0.15, 0.2) is 4.34 Å². The van der Waals surface area contributed by atoms with E-state index in [4.69, 9.17) is 0 Å². The summed E-state index contributed by atoms with van der Waals surface area (Å²) in [5.41, 5.74) is 0.837. The summed E-state index contributed by atoms with van der Waals surface area (Å²) in [5.74, 6) is -1.96. The van der Waals surface area contributed by atoms with Crippen LogP contribution in [0.25, 0.3) is 0 Å². The van der Waals surface area contributed by atoms with Crippen molar-refractivity contribution in [2.75, 3.05) is 11.5 Å². The van der Waals surface area contributed by atoms with Crippen molar-refractivity contribution >= 4 is 68.8 Å². The Hall–Kier alpha value is -1.48. The molecule has 33 heavy (non-hydrogen) atoms. The van der Waals surface area contributed by atoms with Gasteiger partial charge in [-0.05, 0) is 12.5 Å². The van der Waals surface area contributed by atoms with Crippen molar-refractivity contribution in [2.24, 2.45) is 0 Å². The summed E-state index contributed by atoms with van der Waals surface area (Å²) in [7, 11) is 0. The van der Waals surface area contributed by atoms with E-state index in [9.17, 15) is 23.7 Å². The SMILES string of the molecule is Cc1nnc(SCC2=C(C(=O)[O-])N3C(=O)C(NC(=O)C(=S=O)c4ccccc4)[C@H]3SC2)s1.[Na+]. The Morgan fingerprint density at radius 3 is 2.61 bits per heavy atom. The number of nitrogens with zero attached hydrogens (tertiary/aromatic N) is 3. The van der Waals surface area contributed by atoms with E-state index >= 15 is 0 Å². The number of rotatable bonds is 7. The fourth-order valence-electron chi connectivity index (χ4n) is 3.28. The van der Waals surface area contributed by atoms with Crippen LogP contribution in [0.1, 0.15) is 10.6 Å². The summed E-state index contributed by atoms with van der Waals surface area (Å²) in [6, 6.07) is 7.50. The van der Waals surface area contributed by atoms with Crippen LogP contribution in [0.15, 0.2) is 45.9 Å². The molecule has 1 N–H and O–H groups in total. The number of thioether (sulfide) groups is 2. The molecule has 4 rings (SSSR count). The molecule has 2 aromatic rings. The van der Waals surface area contributed by atoms with Gasteiger partial charge in [-0.25, -0.2) is 4.21 Å². The maximum Gasteiger partial charge on any atom is 1.00 e. The van der Waals surface area contributed by atoms with Crippen LogP contribution < -0.4 is 40.0 Å². The first-order valence-electron chi connectivity index (χ1n) is 9.24. The van der Waals surface area contributed by atoms with Crippen LogP contribution in [0, 0.1) is 6.92 Å². The van der Waals surface area contributed by atoms with Crippen LogP contribution in [-0.2, 0) is 25.6 Å². The Balaban J connectivity index is 0.00000306. The van der Waals surface area contributed by atoms with Gasteiger partial charge in [-0.15, -0.1) is 22.0 Å². The molecule has 14 heteroatoms. The first-order valence-corrected chi connectivity index (χ1v) is 12.8. The van der Waals surface area contributed by atoms with Crippen LogP contribution >= 0.6 is 34.9 Å². The zero-order valence-corrected chi connectivity index (χ0v) is 22.7. The quantitative estimate of drug-likeness (QED) is 0.129. The first kappa shape index (κ1) is 26.1. The third-order valence-electron chi connectivity index (χ3n) is 4.73. The predicted octanol–water partition coefficient (Wildman–Crippen LogP) is -3.22. The maximum atomic E-state index is 12.8. The van der Waals surface area contributed by atoms with Crippen LogP contribution in [0.3, 0.4) is 0 Å². The zero-order valence-electron chi connectivity index (χ0n) is 17.5. The topological polar surface area (TPSA) is 132 Å². The van der Waals surface area contributed by atoms with Gasteiger partial charge in [0.2, 0.25) is 0 Å². The van der Waals surface area contributed by atoms with Gasteiger partial charge in [0.25, 0.3) is 11.8 Å². The Morgan fingerprint density at radius 2 is 2.00 bits per heavy atom. The molecule has 2 aliphatic rings. The maximum absolute atomic E-state index is 12.8. The summed E-state index contributed by atoms with van der Waals surface area (Å²) in [4.78, 5) is 38.3. The van der Waals surface area contributed by atoms with Gasteiger partial charge in [0.05, 0.1) is 11.7 Å². The Kier molecular flexibility index (Phi) is 8.95. The fraction of sp³-hybridized carbons (Fsp3) is 0.263. The number of aromatic nitrogens is 2. The number of hydrogen-bond donors (Lipinski definition) is 1. The van der Waals surface area contributed by atoms with Crippen molar-refractivity contribution in [2.45, 2.75) is 22.7 Å². The molecule has 0 saturated carbocycles. The molecule has 1 aromatic carbocycles. The number of carboxylic acid groups (broad SMARTS) is 1. The molecule has 0 bridgehead atoms. The minimum atomic E-state index is -1.44. The van der Waals surface area contributed by atoms with Crippen molar-refractivity contribution in [1.29, 1.82) is 0 Å². The molecule has 1 unspecified atom stereocenters. The molecule has 2 atom stereocenters. The number of β-lactam (4-membered cyclic amide) rings is 1. The second kappa shape index (κ2) is 11.3. The molecule has 0 aliphatic carbocycles. The summed E-state index contributed by atoms with van der Waals surface area (Å²) >= 11 is 4.15. The number of amides is 2. The molecule has 166 valence electrons. The molecule has 2 amide bonds. The van der Waals surface area contributed by atoms with Crippen molar-refractivity contribution in [3.63, 3.8) is 0 Å². The number of carbonyl (C=O) groups is 3. The largest absolute Gasteiger partial charge is 1.00 e. The Labute approximate surface area is 227 Å². The van der Waals surface area contributed by atoms with E-state index in [1.165, 1.54) is 34.9 Å². The fourth-order valence-corrected chi connectivity index (χ4v) is 6.95.